The molecular formula is C22H21N3O5. The average molecular weight is 407 g/mol. The van der Waals surface area contributed by atoms with Gasteiger partial charge in [0.2, 0.25) is 17.5 Å². The van der Waals surface area contributed by atoms with Crippen molar-refractivity contribution in [1.82, 2.24) is 15.1 Å². The summed E-state index contributed by atoms with van der Waals surface area (Å²) in [6.07, 6.45) is 0. The topological polar surface area (TPSA) is 88.7 Å². The molecule has 0 unspecified atom stereocenters. The molecule has 2 aromatic heterocycles. The third-order valence-corrected chi connectivity index (χ3v) is 4.55. The summed E-state index contributed by atoms with van der Waals surface area (Å²) in [7, 11) is 4.65. The van der Waals surface area contributed by atoms with E-state index in [1.165, 1.54) is 0 Å². The molecule has 2 heterocycles. The smallest absolute Gasteiger partial charge is 0.258 e. The molecule has 0 bridgehead atoms. The molecule has 0 aliphatic carbocycles. The maximum Gasteiger partial charge on any atom is 0.258 e. The van der Waals surface area contributed by atoms with E-state index in [1.54, 1.807) is 33.5 Å². The number of para-hydroxylation sites is 1. The van der Waals surface area contributed by atoms with Crippen LogP contribution in [-0.2, 0) is 0 Å². The number of hydrogen-bond donors (Lipinski definition) is 0. The predicted molar refractivity (Wildman–Crippen MR) is 111 cm³/mol. The van der Waals surface area contributed by atoms with E-state index in [2.05, 4.69) is 15.1 Å². The summed E-state index contributed by atoms with van der Waals surface area (Å²) in [6.45, 7) is 2.37. The van der Waals surface area contributed by atoms with Gasteiger partial charge in [0.15, 0.2) is 11.5 Å². The van der Waals surface area contributed by atoms with Gasteiger partial charge in [-0.15, -0.1) is 0 Å². The molecule has 0 N–H and O–H groups in total. The summed E-state index contributed by atoms with van der Waals surface area (Å²) in [6, 6.07) is 13.2. The summed E-state index contributed by atoms with van der Waals surface area (Å²) in [4.78, 5) is 9.16. The fraction of sp³-hybridized carbons (Fsp3) is 0.227. The van der Waals surface area contributed by atoms with Crippen LogP contribution >= 0.6 is 0 Å². The fourth-order valence-electron chi connectivity index (χ4n) is 3.16. The van der Waals surface area contributed by atoms with Crippen LogP contribution in [0.25, 0.3) is 33.7 Å². The molecule has 30 heavy (non-hydrogen) atoms. The molecule has 0 amide bonds. The maximum absolute atomic E-state index is 5.73. The van der Waals surface area contributed by atoms with Gasteiger partial charge in [0.25, 0.3) is 5.89 Å². The Balaban J connectivity index is 1.81. The zero-order valence-corrected chi connectivity index (χ0v) is 17.1. The fourth-order valence-corrected chi connectivity index (χ4v) is 3.16. The lowest BCUT2D eigenvalue weighted by atomic mass is 10.1. The number of ether oxygens (including phenoxy) is 4. The van der Waals surface area contributed by atoms with E-state index in [0.29, 0.717) is 52.6 Å². The first-order valence-corrected chi connectivity index (χ1v) is 9.35. The molecule has 0 radical (unpaired) electrons. The van der Waals surface area contributed by atoms with Crippen LogP contribution in [0.5, 0.6) is 23.1 Å². The molecule has 0 fully saturated rings. The van der Waals surface area contributed by atoms with Crippen LogP contribution < -0.4 is 18.9 Å². The summed E-state index contributed by atoms with van der Waals surface area (Å²) in [5, 5.41) is 5.10. The van der Waals surface area contributed by atoms with E-state index in [0.717, 1.165) is 10.9 Å². The minimum absolute atomic E-state index is 0.305. The number of rotatable bonds is 7. The molecule has 154 valence electrons. The molecule has 4 rings (SSSR count). The largest absolute Gasteiger partial charge is 0.493 e. The second-order valence-electron chi connectivity index (χ2n) is 6.30. The minimum Gasteiger partial charge on any atom is -0.493 e. The molecule has 4 aromatic rings. The quantitative estimate of drug-likeness (QED) is 0.446. The Morgan fingerprint density at radius 3 is 2.30 bits per heavy atom. The Labute approximate surface area is 173 Å². The second-order valence-corrected chi connectivity index (χ2v) is 6.30. The summed E-state index contributed by atoms with van der Waals surface area (Å²) < 4.78 is 27.4. The SMILES string of the molecule is CCOc1nc2ccccc2cc1-c1noc(-c2cc(OC)c(OC)c(OC)c2)n1. The van der Waals surface area contributed by atoms with Gasteiger partial charge in [-0.2, -0.15) is 4.98 Å². The number of nitrogens with zero attached hydrogens (tertiary/aromatic N) is 3. The number of fused-ring (bicyclic) bond motifs is 1. The first-order valence-electron chi connectivity index (χ1n) is 9.35. The van der Waals surface area contributed by atoms with Crippen molar-refractivity contribution in [3.05, 3.63) is 42.5 Å². The highest BCUT2D eigenvalue weighted by Crippen LogP contribution is 2.41. The van der Waals surface area contributed by atoms with E-state index in [4.69, 9.17) is 23.5 Å². The Kier molecular flexibility index (Phi) is 5.38. The number of methoxy groups -OCH3 is 3. The van der Waals surface area contributed by atoms with E-state index in [9.17, 15) is 0 Å². The van der Waals surface area contributed by atoms with Crippen molar-refractivity contribution in [3.63, 3.8) is 0 Å². The van der Waals surface area contributed by atoms with Crippen LogP contribution in [0.2, 0.25) is 0 Å². The van der Waals surface area contributed by atoms with Crippen LogP contribution in [0.3, 0.4) is 0 Å². The molecule has 0 saturated carbocycles. The van der Waals surface area contributed by atoms with Crippen LogP contribution in [0.15, 0.2) is 47.0 Å². The molecule has 0 spiro atoms. The number of aromatic nitrogens is 3. The Morgan fingerprint density at radius 1 is 0.900 bits per heavy atom. The standard InChI is InChI=1S/C22H21N3O5/c1-5-29-22-15(10-13-8-6-7-9-16(13)23-22)20-24-21(30-25-20)14-11-17(26-2)19(28-4)18(12-14)27-3/h6-12H,5H2,1-4H3. The van der Waals surface area contributed by atoms with Crippen LogP contribution in [0, 0.1) is 0 Å². The van der Waals surface area contributed by atoms with Crippen molar-refractivity contribution >= 4 is 10.9 Å². The molecule has 0 atom stereocenters. The predicted octanol–water partition coefficient (Wildman–Crippen LogP) is 4.38. The highest BCUT2D eigenvalue weighted by atomic mass is 16.5. The van der Waals surface area contributed by atoms with E-state index < -0.39 is 0 Å². The third-order valence-electron chi connectivity index (χ3n) is 4.55. The monoisotopic (exact) mass is 407 g/mol. The van der Waals surface area contributed by atoms with E-state index in [1.807, 2.05) is 37.3 Å². The van der Waals surface area contributed by atoms with E-state index >= 15 is 0 Å². The van der Waals surface area contributed by atoms with Gasteiger partial charge in [-0.1, -0.05) is 23.4 Å². The summed E-state index contributed by atoms with van der Waals surface area (Å²) in [5.41, 5.74) is 2.12. The van der Waals surface area contributed by atoms with Crippen molar-refractivity contribution in [2.75, 3.05) is 27.9 Å². The van der Waals surface area contributed by atoms with E-state index in [-0.39, 0.29) is 0 Å². The highest BCUT2D eigenvalue weighted by molar-refractivity contribution is 5.85. The molecule has 0 aliphatic rings. The van der Waals surface area contributed by atoms with Crippen molar-refractivity contribution in [3.8, 4) is 46.0 Å². The van der Waals surface area contributed by atoms with Crippen molar-refractivity contribution in [2.45, 2.75) is 6.92 Å². The molecule has 0 aliphatic heterocycles. The molecular weight excluding hydrogens is 386 g/mol. The lowest BCUT2D eigenvalue weighted by Crippen LogP contribution is -1.98. The van der Waals surface area contributed by atoms with Gasteiger partial charge in [-0.05, 0) is 31.2 Å². The normalized spacial score (nSPS) is 10.8. The highest BCUT2D eigenvalue weighted by Gasteiger charge is 2.20. The zero-order chi connectivity index (χ0) is 21.1. The van der Waals surface area contributed by atoms with Crippen LogP contribution in [-0.4, -0.2) is 43.1 Å². The van der Waals surface area contributed by atoms with Crippen molar-refractivity contribution in [1.29, 1.82) is 0 Å². The van der Waals surface area contributed by atoms with Gasteiger partial charge >= 0.3 is 0 Å². The average Bonchev–Trinajstić information content (AvgIpc) is 3.28. The minimum atomic E-state index is 0.305. The van der Waals surface area contributed by atoms with Gasteiger partial charge in [0.1, 0.15) is 0 Å². The van der Waals surface area contributed by atoms with Gasteiger partial charge in [0.05, 0.1) is 39.0 Å². The lowest BCUT2D eigenvalue weighted by Gasteiger charge is -2.12. The first-order chi connectivity index (χ1) is 14.7. The second kappa shape index (κ2) is 8.28. The Hall–Kier alpha value is -3.81. The number of benzene rings is 2. The maximum atomic E-state index is 5.73. The summed E-state index contributed by atoms with van der Waals surface area (Å²) >= 11 is 0. The lowest BCUT2D eigenvalue weighted by molar-refractivity contribution is 0.324. The van der Waals surface area contributed by atoms with Crippen LogP contribution in [0.4, 0.5) is 0 Å². The van der Waals surface area contributed by atoms with Gasteiger partial charge < -0.3 is 23.5 Å². The van der Waals surface area contributed by atoms with Gasteiger partial charge in [-0.25, -0.2) is 4.98 Å². The van der Waals surface area contributed by atoms with Gasteiger partial charge in [0, 0.05) is 10.9 Å². The van der Waals surface area contributed by atoms with Crippen LogP contribution in [0.1, 0.15) is 6.92 Å². The van der Waals surface area contributed by atoms with Gasteiger partial charge in [-0.3, -0.25) is 0 Å². The molecule has 8 nitrogen and oxygen atoms in total. The van der Waals surface area contributed by atoms with Crippen molar-refractivity contribution in [2.24, 2.45) is 0 Å². The molecule has 2 aromatic carbocycles. The number of pyridine rings is 1. The zero-order valence-electron chi connectivity index (χ0n) is 17.1. The Morgan fingerprint density at radius 2 is 1.63 bits per heavy atom. The summed E-state index contributed by atoms with van der Waals surface area (Å²) in [5.74, 6) is 2.61. The number of hydrogen-bond acceptors (Lipinski definition) is 8. The Bertz CT molecular complexity index is 1160. The van der Waals surface area contributed by atoms with Crippen molar-refractivity contribution < 1.29 is 23.5 Å². The molecule has 0 saturated heterocycles. The third kappa shape index (κ3) is 3.47. The molecule has 8 heteroatoms. The first kappa shape index (κ1) is 19.5.